The molecule has 1 aromatic rings. The normalized spacial score (nSPS) is 14.6. The van der Waals surface area contributed by atoms with E-state index >= 15 is 0 Å². The van der Waals surface area contributed by atoms with E-state index in [9.17, 15) is 9.18 Å². The van der Waals surface area contributed by atoms with Crippen LogP contribution in [0.15, 0.2) is 24.3 Å². The van der Waals surface area contributed by atoms with E-state index < -0.39 is 0 Å². The molecule has 18 heavy (non-hydrogen) atoms. The molecular weight excluding hydrogens is 229 g/mol. The van der Waals surface area contributed by atoms with Crippen molar-refractivity contribution >= 4 is 5.78 Å². The minimum atomic E-state index is -0.313. The number of Topliss-reactive ketones (excluding diaryl/α,β-unsaturated/α-hetero) is 1. The lowest BCUT2D eigenvalue weighted by Gasteiger charge is -2.29. The van der Waals surface area contributed by atoms with Crippen molar-refractivity contribution in [3.05, 3.63) is 35.6 Å². The van der Waals surface area contributed by atoms with Crippen molar-refractivity contribution in [2.75, 3.05) is 7.05 Å². The summed E-state index contributed by atoms with van der Waals surface area (Å²) in [4.78, 5) is 14.3. The molecule has 0 fully saturated rings. The molecule has 3 heteroatoms. The first-order valence-corrected chi connectivity index (χ1v) is 6.49. The topological polar surface area (TPSA) is 20.3 Å². The Hall–Kier alpha value is -1.22. The predicted octanol–water partition coefficient (Wildman–Crippen LogP) is 3.52. The van der Waals surface area contributed by atoms with Crippen LogP contribution >= 0.6 is 0 Å². The van der Waals surface area contributed by atoms with E-state index in [1.54, 1.807) is 12.1 Å². The van der Waals surface area contributed by atoms with Crippen molar-refractivity contribution in [2.45, 2.75) is 45.7 Å². The summed E-state index contributed by atoms with van der Waals surface area (Å²) in [7, 11) is 1.96. The highest BCUT2D eigenvalue weighted by molar-refractivity contribution is 5.99. The number of likely N-dealkylation sites (N-methyl/N-ethyl adjacent to an activating group) is 1. The molecule has 2 atom stereocenters. The number of halogens is 1. The number of hydrogen-bond donors (Lipinski definition) is 0. The van der Waals surface area contributed by atoms with Gasteiger partial charge < -0.3 is 0 Å². The van der Waals surface area contributed by atoms with Crippen molar-refractivity contribution in [3.63, 3.8) is 0 Å². The lowest BCUT2D eigenvalue weighted by atomic mass is 10.0. The third kappa shape index (κ3) is 3.64. The molecule has 0 radical (unpaired) electrons. The van der Waals surface area contributed by atoms with Crippen LogP contribution in [0.5, 0.6) is 0 Å². The molecule has 0 aliphatic carbocycles. The fraction of sp³-hybridized carbons (Fsp3) is 0.533. The van der Waals surface area contributed by atoms with Gasteiger partial charge in [-0.25, -0.2) is 4.39 Å². The van der Waals surface area contributed by atoms with Gasteiger partial charge in [-0.05, 0) is 51.6 Å². The van der Waals surface area contributed by atoms with Gasteiger partial charge in [0, 0.05) is 11.6 Å². The summed E-state index contributed by atoms with van der Waals surface area (Å²) in [5, 5.41) is 0. The first-order valence-electron chi connectivity index (χ1n) is 6.49. The predicted molar refractivity (Wildman–Crippen MR) is 72.3 cm³/mol. The Bertz CT molecular complexity index is 388. The van der Waals surface area contributed by atoms with Gasteiger partial charge in [-0.3, -0.25) is 9.69 Å². The maximum absolute atomic E-state index is 12.8. The van der Waals surface area contributed by atoms with E-state index in [0.717, 1.165) is 12.8 Å². The fourth-order valence-electron chi connectivity index (χ4n) is 2.04. The highest BCUT2D eigenvalue weighted by atomic mass is 19.1. The molecule has 2 nitrogen and oxygen atoms in total. The summed E-state index contributed by atoms with van der Waals surface area (Å²) in [6.45, 7) is 6.16. The molecule has 0 spiro atoms. The summed E-state index contributed by atoms with van der Waals surface area (Å²) >= 11 is 0. The number of rotatable bonds is 6. The highest BCUT2D eigenvalue weighted by Gasteiger charge is 2.22. The number of ketones is 1. The van der Waals surface area contributed by atoms with Crippen LogP contribution in [0.3, 0.4) is 0 Å². The summed E-state index contributed by atoms with van der Waals surface area (Å²) in [5.74, 6) is -0.271. The standard InChI is InChI=1S/C15H22FNO/c1-5-6-11(2)17(4)12(3)15(18)13-7-9-14(16)10-8-13/h7-12H,5-6H2,1-4H3. The Morgan fingerprint density at radius 1 is 1.28 bits per heavy atom. The fourth-order valence-corrected chi connectivity index (χ4v) is 2.04. The van der Waals surface area contributed by atoms with Crippen LogP contribution in [0, 0.1) is 5.82 Å². The summed E-state index contributed by atoms with van der Waals surface area (Å²) < 4.78 is 12.8. The van der Waals surface area contributed by atoms with Gasteiger partial charge in [0.1, 0.15) is 5.82 Å². The van der Waals surface area contributed by atoms with E-state index in [-0.39, 0.29) is 17.6 Å². The molecule has 0 heterocycles. The van der Waals surface area contributed by atoms with Crippen LogP contribution in [0.25, 0.3) is 0 Å². The van der Waals surface area contributed by atoms with Gasteiger partial charge in [0.05, 0.1) is 6.04 Å². The molecular formula is C15H22FNO. The lowest BCUT2D eigenvalue weighted by Crippen LogP contribution is -2.41. The van der Waals surface area contributed by atoms with E-state index in [1.807, 2.05) is 14.0 Å². The molecule has 0 aliphatic heterocycles. The van der Waals surface area contributed by atoms with Crippen LogP contribution in [0.2, 0.25) is 0 Å². The molecule has 0 saturated heterocycles. The Labute approximate surface area is 109 Å². The SMILES string of the molecule is CCCC(C)N(C)C(C)C(=O)c1ccc(F)cc1. The van der Waals surface area contributed by atoms with E-state index in [2.05, 4.69) is 18.7 Å². The molecule has 0 aliphatic rings. The maximum Gasteiger partial charge on any atom is 0.179 e. The van der Waals surface area contributed by atoms with Gasteiger partial charge in [0.2, 0.25) is 0 Å². The van der Waals surface area contributed by atoms with Crippen LogP contribution in [0.1, 0.15) is 44.0 Å². The third-order valence-electron chi connectivity index (χ3n) is 3.52. The average molecular weight is 251 g/mol. The van der Waals surface area contributed by atoms with E-state index in [1.165, 1.54) is 12.1 Å². The second kappa shape index (κ2) is 6.64. The zero-order chi connectivity index (χ0) is 13.7. The smallest absolute Gasteiger partial charge is 0.179 e. The first kappa shape index (κ1) is 14.8. The zero-order valence-corrected chi connectivity index (χ0v) is 11.6. The maximum atomic E-state index is 12.8. The second-order valence-corrected chi connectivity index (χ2v) is 4.85. The van der Waals surface area contributed by atoms with Crippen LogP contribution < -0.4 is 0 Å². The van der Waals surface area contributed by atoms with Crippen molar-refractivity contribution in [1.29, 1.82) is 0 Å². The Morgan fingerprint density at radius 3 is 2.33 bits per heavy atom. The van der Waals surface area contributed by atoms with Gasteiger partial charge in [-0.15, -0.1) is 0 Å². The molecule has 0 aromatic heterocycles. The van der Waals surface area contributed by atoms with Crippen molar-refractivity contribution < 1.29 is 9.18 Å². The minimum absolute atomic E-state index is 0.0421. The second-order valence-electron chi connectivity index (χ2n) is 4.85. The first-order chi connectivity index (χ1) is 8.47. The minimum Gasteiger partial charge on any atom is -0.294 e. The molecule has 0 saturated carbocycles. The number of carbonyl (C=O) groups is 1. The summed E-state index contributed by atoms with van der Waals surface area (Å²) in [6.07, 6.45) is 2.17. The molecule has 0 N–H and O–H groups in total. The number of nitrogens with zero attached hydrogens (tertiary/aromatic N) is 1. The molecule has 2 unspecified atom stereocenters. The molecule has 0 bridgehead atoms. The number of carbonyl (C=O) groups excluding carboxylic acids is 1. The average Bonchev–Trinajstić information content (AvgIpc) is 2.37. The zero-order valence-electron chi connectivity index (χ0n) is 11.6. The van der Waals surface area contributed by atoms with E-state index in [4.69, 9.17) is 0 Å². The Morgan fingerprint density at radius 2 is 1.83 bits per heavy atom. The number of hydrogen-bond acceptors (Lipinski definition) is 2. The Kier molecular flexibility index (Phi) is 5.48. The lowest BCUT2D eigenvalue weighted by molar-refractivity contribution is 0.0820. The van der Waals surface area contributed by atoms with E-state index in [0.29, 0.717) is 11.6 Å². The van der Waals surface area contributed by atoms with Crippen LogP contribution in [0.4, 0.5) is 4.39 Å². The van der Waals surface area contributed by atoms with Crippen molar-refractivity contribution in [3.8, 4) is 0 Å². The van der Waals surface area contributed by atoms with Crippen LogP contribution in [-0.4, -0.2) is 29.8 Å². The molecule has 100 valence electrons. The molecule has 1 rings (SSSR count). The quantitative estimate of drug-likeness (QED) is 0.721. The van der Waals surface area contributed by atoms with Gasteiger partial charge in [0.25, 0.3) is 0 Å². The summed E-state index contributed by atoms with van der Waals surface area (Å²) in [5.41, 5.74) is 0.569. The third-order valence-corrected chi connectivity index (χ3v) is 3.52. The highest BCUT2D eigenvalue weighted by Crippen LogP contribution is 2.13. The van der Waals surface area contributed by atoms with Gasteiger partial charge >= 0.3 is 0 Å². The Balaban J connectivity index is 2.74. The molecule has 0 amide bonds. The molecule has 1 aromatic carbocycles. The van der Waals surface area contributed by atoms with Gasteiger partial charge in [-0.1, -0.05) is 13.3 Å². The number of benzene rings is 1. The van der Waals surface area contributed by atoms with Crippen LogP contribution in [-0.2, 0) is 0 Å². The largest absolute Gasteiger partial charge is 0.294 e. The van der Waals surface area contributed by atoms with Crippen molar-refractivity contribution in [1.82, 2.24) is 4.90 Å². The van der Waals surface area contributed by atoms with Gasteiger partial charge in [0.15, 0.2) is 5.78 Å². The van der Waals surface area contributed by atoms with Gasteiger partial charge in [-0.2, -0.15) is 0 Å². The summed E-state index contributed by atoms with van der Waals surface area (Å²) in [6, 6.07) is 5.94. The monoisotopic (exact) mass is 251 g/mol. The van der Waals surface area contributed by atoms with Crippen molar-refractivity contribution in [2.24, 2.45) is 0 Å².